The summed E-state index contributed by atoms with van der Waals surface area (Å²) in [5.41, 5.74) is 9.83. The number of nitrogens with zero attached hydrogens (tertiary/aromatic N) is 3. The molecule has 5 heteroatoms. The normalized spacial score (nSPS) is 12.6. The minimum atomic E-state index is 0.0837. The van der Waals surface area contributed by atoms with Crippen LogP contribution in [0.2, 0.25) is 0 Å². The summed E-state index contributed by atoms with van der Waals surface area (Å²) in [5.74, 6) is 0. The average molecular weight is 337 g/mol. The van der Waals surface area contributed by atoms with E-state index in [-0.39, 0.29) is 6.04 Å². The molecule has 2 aromatic heterocycles. The van der Waals surface area contributed by atoms with Crippen molar-refractivity contribution in [1.82, 2.24) is 14.8 Å². The lowest BCUT2D eigenvalue weighted by Gasteiger charge is -2.13. The maximum absolute atomic E-state index is 6.30. The predicted molar refractivity (Wildman–Crippen MR) is 84.6 cm³/mol. The molecule has 2 N–H and O–H groups in total. The van der Waals surface area contributed by atoms with Crippen molar-refractivity contribution in [3.63, 3.8) is 0 Å². The summed E-state index contributed by atoms with van der Waals surface area (Å²) in [6, 6.07) is 4.12. The lowest BCUT2D eigenvalue weighted by molar-refractivity contribution is 0.572. The zero-order chi connectivity index (χ0) is 14.5. The van der Waals surface area contributed by atoms with Crippen molar-refractivity contribution in [2.75, 3.05) is 0 Å². The van der Waals surface area contributed by atoms with Gasteiger partial charge in [-0.15, -0.1) is 0 Å². The van der Waals surface area contributed by atoms with Gasteiger partial charge >= 0.3 is 0 Å². The van der Waals surface area contributed by atoms with Gasteiger partial charge in [0, 0.05) is 31.4 Å². The summed E-state index contributed by atoms with van der Waals surface area (Å²) in [5, 5.41) is 4.61. The van der Waals surface area contributed by atoms with E-state index in [1.54, 1.807) is 0 Å². The van der Waals surface area contributed by atoms with Gasteiger partial charge in [-0.1, -0.05) is 6.92 Å². The Morgan fingerprint density at radius 1 is 1.25 bits per heavy atom. The molecule has 0 fully saturated rings. The summed E-state index contributed by atoms with van der Waals surface area (Å²) in [6.07, 6.45) is 6.22. The van der Waals surface area contributed by atoms with E-state index < -0.39 is 0 Å². The largest absolute Gasteiger partial charge is 0.327 e. The fourth-order valence-electron chi connectivity index (χ4n) is 2.35. The molecule has 0 amide bonds. The van der Waals surface area contributed by atoms with Crippen molar-refractivity contribution in [2.24, 2.45) is 5.73 Å². The van der Waals surface area contributed by atoms with Crippen LogP contribution in [-0.2, 0) is 25.8 Å². The molecule has 2 rings (SSSR count). The standard InChI is InChI=1S/C15H21BrN4/c1-3-13-15(16)14(20(4-2)19-13)10-12(17)9-11-5-7-18-8-6-11/h5-8,12H,3-4,9-10,17H2,1-2H3. The van der Waals surface area contributed by atoms with Gasteiger partial charge in [-0.2, -0.15) is 5.10 Å². The fourth-order valence-corrected chi connectivity index (χ4v) is 3.08. The molecule has 2 heterocycles. The quantitative estimate of drug-likeness (QED) is 0.882. The highest BCUT2D eigenvalue weighted by Gasteiger charge is 2.16. The predicted octanol–water partition coefficient (Wildman–Crippen LogP) is 2.74. The third kappa shape index (κ3) is 3.46. The third-order valence-electron chi connectivity index (χ3n) is 3.40. The van der Waals surface area contributed by atoms with Crippen LogP contribution < -0.4 is 5.73 Å². The van der Waals surface area contributed by atoms with Crippen molar-refractivity contribution < 1.29 is 0 Å². The Balaban J connectivity index is 2.11. The number of hydrogen-bond donors (Lipinski definition) is 1. The van der Waals surface area contributed by atoms with E-state index in [1.807, 2.05) is 24.5 Å². The maximum Gasteiger partial charge on any atom is 0.0766 e. The molecule has 0 bridgehead atoms. The highest BCUT2D eigenvalue weighted by molar-refractivity contribution is 9.10. The van der Waals surface area contributed by atoms with Gasteiger partial charge in [-0.3, -0.25) is 9.67 Å². The monoisotopic (exact) mass is 336 g/mol. The highest BCUT2D eigenvalue weighted by Crippen LogP contribution is 2.23. The molecule has 0 aliphatic carbocycles. The first-order chi connectivity index (χ1) is 9.65. The van der Waals surface area contributed by atoms with Crippen LogP contribution in [0, 0.1) is 0 Å². The summed E-state index contributed by atoms with van der Waals surface area (Å²) in [7, 11) is 0. The van der Waals surface area contributed by atoms with Crippen molar-refractivity contribution in [3.8, 4) is 0 Å². The van der Waals surface area contributed by atoms with Crippen molar-refractivity contribution in [1.29, 1.82) is 0 Å². The zero-order valence-corrected chi connectivity index (χ0v) is 13.6. The molecule has 0 saturated heterocycles. The first-order valence-electron chi connectivity index (χ1n) is 7.04. The Labute approximate surface area is 128 Å². The van der Waals surface area contributed by atoms with E-state index >= 15 is 0 Å². The topological polar surface area (TPSA) is 56.7 Å². The van der Waals surface area contributed by atoms with E-state index in [0.717, 1.165) is 36.0 Å². The molecule has 0 spiro atoms. The molecule has 0 aromatic carbocycles. The summed E-state index contributed by atoms with van der Waals surface area (Å²) < 4.78 is 3.17. The highest BCUT2D eigenvalue weighted by atomic mass is 79.9. The third-order valence-corrected chi connectivity index (χ3v) is 4.31. The Morgan fingerprint density at radius 2 is 1.95 bits per heavy atom. The second kappa shape index (κ2) is 6.99. The lowest BCUT2D eigenvalue weighted by atomic mass is 10.0. The molecule has 0 aliphatic heterocycles. The molecule has 108 valence electrons. The number of halogens is 1. The molecule has 2 aromatic rings. The van der Waals surface area contributed by atoms with Gasteiger partial charge in [0.2, 0.25) is 0 Å². The molecule has 0 saturated carbocycles. The van der Waals surface area contributed by atoms with Crippen LogP contribution in [-0.4, -0.2) is 20.8 Å². The minimum Gasteiger partial charge on any atom is -0.327 e. The van der Waals surface area contributed by atoms with Gasteiger partial charge in [0.15, 0.2) is 0 Å². The van der Waals surface area contributed by atoms with Gasteiger partial charge < -0.3 is 5.73 Å². The smallest absolute Gasteiger partial charge is 0.0766 e. The first kappa shape index (κ1) is 15.2. The lowest BCUT2D eigenvalue weighted by Crippen LogP contribution is -2.27. The van der Waals surface area contributed by atoms with Crippen LogP contribution in [0.1, 0.15) is 30.8 Å². The van der Waals surface area contributed by atoms with Crippen molar-refractivity contribution in [2.45, 2.75) is 45.7 Å². The molecule has 4 nitrogen and oxygen atoms in total. The van der Waals surface area contributed by atoms with E-state index in [0.29, 0.717) is 0 Å². The Morgan fingerprint density at radius 3 is 2.55 bits per heavy atom. The van der Waals surface area contributed by atoms with E-state index in [4.69, 9.17) is 5.73 Å². The molecular formula is C15H21BrN4. The van der Waals surface area contributed by atoms with Crippen molar-refractivity contribution in [3.05, 3.63) is 46.0 Å². The Bertz CT molecular complexity index is 551. The van der Waals surface area contributed by atoms with Crippen LogP contribution in [0.5, 0.6) is 0 Å². The van der Waals surface area contributed by atoms with Crippen LogP contribution in [0.25, 0.3) is 0 Å². The number of nitrogens with two attached hydrogens (primary N) is 1. The van der Waals surface area contributed by atoms with Crippen LogP contribution in [0.3, 0.4) is 0 Å². The van der Waals surface area contributed by atoms with Gasteiger partial charge in [-0.25, -0.2) is 0 Å². The molecule has 1 unspecified atom stereocenters. The Hall–Kier alpha value is -1.20. The van der Waals surface area contributed by atoms with Crippen molar-refractivity contribution >= 4 is 15.9 Å². The number of aryl methyl sites for hydroxylation is 2. The summed E-state index contributed by atoms with van der Waals surface area (Å²) >= 11 is 3.67. The second-order valence-corrected chi connectivity index (χ2v) is 5.69. The minimum absolute atomic E-state index is 0.0837. The van der Waals surface area contributed by atoms with Gasteiger partial charge in [0.05, 0.1) is 15.9 Å². The van der Waals surface area contributed by atoms with Gasteiger partial charge in [0.25, 0.3) is 0 Å². The Kier molecular flexibility index (Phi) is 5.31. The molecule has 0 radical (unpaired) electrons. The van der Waals surface area contributed by atoms with Crippen LogP contribution in [0.15, 0.2) is 29.0 Å². The number of aromatic nitrogens is 3. The summed E-state index contributed by atoms with van der Waals surface area (Å²) in [4.78, 5) is 4.03. The van der Waals surface area contributed by atoms with E-state index in [9.17, 15) is 0 Å². The SMILES string of the molecule is CCc1nn(CC)c(CC(N)Cc2ccncc2)c1Br. The zero-order valence-electron chi connectivity index (χ0n) is 12.0. The summed E-state index contributed by atoms with van der Waals surface area (Å²) in [6.45, 7) is 5.10. The molecule has 20 heavy (non-hydrogen) atoms. The first-order valence-corrected chi connectivity index (χ1v) is 7.83. The van der Waals surface area contributed by atoms with Gasteiger partial charge in [0.1, 0.15) is 0 Å². The van der Waals surface area contributed by atoms with E-state index in [2.05, 4.69) is 44.5 Å². The molecule has 1 atom stereocenters. The van der Waals surface area contributed by atoms with Crippen LogP contribution in [0.4, 0.5) is 0 Å². The molecule has 0 aliphatic rings. The van der Waals surface area contributed by atoms with E-state index in [1.165, 1.54) is 11.3 Å². The molecular weight excluding hydrogens is 316 g/mol. The van der Waals surface area contributed by atoms with Crippen LogP contribution >= 0.6 is 15.9 Å². The maximum atomic E-state index is 6.30. The number of hydrogen-bond acceptors (Lipinski definition) is 3. The number of rotatable bonds is 6. The second-order valence-electron chi connectivity index (χ2n) is 4.90. The van der Waals surface area contributed by atoms with Gasteiger partial charge in [-0.05, 0) is 53.4 Å². The fraction of sp³-hybridized carbons (Fsp3) is 0.467. The number of pyridine rings is 1. The average Bonchev–Trinajstić information content (AvgIpc) is 2.76.